The van der Waals surface area contributed by atoms with Crippen LogP contribution in [0.2, 0.25) is 0 Å². The fourth-order valence-corrected chi connectivity index (χ4v) is 2.60. The van der Waals surface area contributed by atoms with Crippen LogP contribution in [0.4, 0.5) is 0 Å². The van der Waals surface area contributed by atoms with Crippen molar-refractivity contribution in [3.63, 3.8) is 0 Å². The van der Waals surface area contributed by atoms with Crippen LogP contribution >= 0.6 is 0 Å². The molecule has 2 heterocycles. The van der Waals surface area contributed by atoms with Crippen molar-refractivity contribution in [3.8, 4) is 0 Å². The Balaban J connectivity index is 1.86. The molecule has 2 fully saturated rings. The summed E-state index contributed by atoms with van der Waals surface area (Å²) in [5.41, 5.74) is 0. The highest BCUT2D eigenvalue weighted by atomic mass is 16.2. The molecule has 2 unspecified atom stereocenters. The lowest BCUT2D eigenvalue weighted by atomic mass is 10.1. The topological polar surface area (TPSA) is 70.2 Å². The van der Waals surface area contributed by atoms with Crippen LogP contribution in [0.5, 0.6) is 0 Å². The van der Waals surface area contributed by atoms with Gasteiger partial charge in [-0.1, -0.05) is 12.8 Å². The minimum absolute atomic E-state index is 0.0149. The summed E-state index contributed by atoms with van der Waals surface area (Å²) in [6, 6.07) is -0.464. The molecule has 102 valence electrons. The third-order valence-corrected chi connectivity index (χ3v) is 3.73. The monoisotopic (exact) mass is 253 g/mol. The van der Waals surface area contributed by atoms with Crippen LogP contribution in [0.3, 0.4) is 0 Å². The van der Waals surface area contributed by atoms with Crippen LogP contribution in [-0.2, 0) is 9.59 Å². The van der Waals surface area contributed by atoms with Gasteiger partial charge in [-0.25, -0.2) is 0 Å². The molecular weight excluding hydrogens is 230 g/mol. The molecule has 2 saturated heterocycles. The molecule has 5 nitrogen and oxygen atoms in total. The highest BCUT2D eigenvalue weighted by Gasteiger charge is 2.26. The Bertz CT molecular complexity index is 299. The van der Waals surface area contributed by atoms with E-state index >= 15 is 0 Å². The first-order valence-corrected chi connectivity index (χ1v) is 7.09. The molecule has 0 saturated carbocycles. The van der Waals surface area contributed by atoms with E-state index in [1.54, 1.807) is 0 Å². The van der Waals surface area contributed by atoms with Gasteiger partial charge < -0.3 is 16.0 Å². The van der Waals surface area contributed by atoms with Crippen LogP contribution in [0.1, 0.15) is 44.9 Å². The fourth-order valence-electron chi connectivity index (χ4n) is 2.60. The summed E-state index contributed by atoms with van der Waals surface area (Å²) in [4.78, 5) is 23.9. The molecule has 0 aromatic heterocycles. The summed E-state index contributed by atoms with van der Waals surface area (Å²) in [6.07, 6.45) is 7.02. The molecule has 5 heteroatoms. The van der Waals surface area contributed by atoms with Gasteiger partial charge in [0.2, 0.25) is 11.8 Å². The third-order valence-electron chi connectivity index (χ3n) is 3.73. The molecule has 18 heavy (non-hydrogen) atoms. The van der Waals surface area contributed by atoms with Crippen molar-refractivity contribution in [2.45, 2.75) is 57.0 Å². The second-order valence-corrected chi connectivity index (χ2v) is 5.20. The zero-order valence-electron chi connectivity index (χ0n) is 10.8. The summed E-state index contributed by atoms with van der Waals surface area (Å²) >= 11 is 0. The summed E-state index contributed by atoms with van der Waals surface area (Å²) in [5, 5.41) is 8.99. The second kappa shape index (κ2) is 6.73. The molecule has 0 aromatic rings. The van der Waals surface area contributed by atoms with E-state index in [1.165, 1.54) is 6.42 Å². The first-order valence-electron chi connectivity index (χ1n) is 7.09. The molecule has 0 aliphatic carbocycles. The van der Waals surface area contributed by atoms with Crippen LogP contribution in [0.15, 0.2) is 0 Å². The SMILES string of the molecule is O=C(NC1CCCCNC1=O)C1CCCCCN1. The molecule has 2 aliphatic heterocycles. The van der Waals surface area contributed by atoms with E-state index in [1.807, 2.05) is 0 Å². The van der Waals surface area contributed by atoms with Crippen LogP contribution in [0.25, 0.3) is 0 Å². The van der Waals surface area contributed by atoms with Crippen LogP contribution in [-0.4, -0.2) is 37.0 Å². The minimum Gasteiger partial charge on any atom is -0.354 e. The normalized spacial score (nSPS) is 29.9. The molecule has 2 amide bonds. The molecule has 0 aromatic carbocycles. The van der Waals surface area contributed by atoms with Gasteiger partial charge in [-0.05, 0) is 38.6 Å². The van der Waals surface area contributed by atoms with Crippen molar-refractivity contribution in [2.75, 3.05) is 13.1 Å². The Morgan fingerprint density at radius 1 is 1.06 bits per heavy atom. The lowest BCUT2D eigenvalue weighted by Gasteiger charge is -2.20. The standard InChI is InChI=1S/C13H23N3O2/c17-12-11(7-3-5-9-15-12)16-13(18)10-6-2-1-4-8-14-10/h10-11,14H,1-9H2,(H,15,17)(H,16,18). The number of hydrogen-bond donors (Lipinski definition) is 3. The van der Waals surface area contributed by atoms with Gasteiger partial charge >= 0.3 is 0 Å². The maximum absolute atomic E-state index is 12.1. The summed E-state index contributed by atoms with van der Waals surface area (Å²) in [5.74, 6) is -0.0478. The van der Waals surface area contributed by atoms with E-state index in [-0.39, 0.29) is 23.9 Å². The van der Waals surface area contributed by atoms with Crippen molar-refractivity contribution >= 4 is 11.8 Å². The predicted molar refractivity (Wildman–Crippen MR) is 69.1 cm³/mol. The lowest BCUT2D eigenvalue weighted by Crippen LogP contribution is -2.51. The van der Waals surface area contributed by atoms with E-state index in [2.05, 4.69) is 16.0 Å². The highest BCUT2D eigenvalue weighted by Crippen LogP contribution is 2.10. The Kier molecular flexibility index (Phi) is 4.99. The van der Waals surface area contributed by atoms with E-state index in [9.17, 15) is 9.59 Å². The van der Waals surface area contributed by atoms with Gasteiger partial charge in [-0.15, -0.1) is 0 Å². The minimum atomic E-state index is -0.343. The average Bonchev–Trinajstić information content (AvgIpc) is 2.73. The van der Waals surface area contributed by atoms with Crippen molar-refractivity contribution in [1.29, 1.82) is 0 Å². The maximum atomic E-state index is 12.1. The number of hydrogen-bond acceptors (Lipinski definition) is 3. The first kappa shape index (κ1) is 13.3. The van der Waals surface area contributed by atoms with Gasteiger partial charge in [-0.2, -0.15) is 0 Å². The Labute approximate surface area is 108 Å². The van der Waals surface area contributed by atoms with Gasteiger partial charge in [0.1, 0.15) is 6.04 Å². The molecule has 2 rings (SSSR count). The number of nitrogens with one attached hydrogen (secondary N) is 3. The van der Waals surface area contributed by atoms with Gasteiger partial charge in [0, 0.05) is 6.54 Å². The zero-order valence-corrected chi connectivity index (χ0v) is 10.8. The first-order chi connectivity index (χ1) is 8.77. The Morgan fingerprint density at radius 2 is 1.83 bits per heavy atom. The van der Waals surface area contributed by atoms with Crippen LogP contribution < -0.4 is 16.0 Å². The van der Waals surface area contributed by atoms with Gasteiger partial charge in [-0.3, -0.25) is 9.59 Å². The predicted octanol–water partition coefficient (Wildman–Crippen LogP) is 0.303. The zero-order chi connectivity index (χ0) is 12.8. The quantitative estimate of drug-likeness (QED) is 0.663. The molecule has 0 bridgehead atoms. The largest absolute Gasteiger partial charge is 0.354 e. The highest BCUT2D eigenvalue weighted by molar-refractivity contribution is 5.89. The smallest absolute Gasteiger partial charge is 0.242 e. The van der Waals surface area contributed by atoms with E-state index in [0.717, 1.165) is 51.6 Å². The van der Waals surface area contributed by atoms with Crippen molar-refractivity contribution in [3.05, 3.63) is 0 Å². The molecule has 0 radical (unpaired) electrons. The maximum Gasteiger partial charge on any atom is 0.242 e. The van der Waals surface area contributed by atoms with Crippen molar-refractivity contribution < 1.29 is 9.59 Å². The number of carbonyl (C=O) groups is 2. The van der Waals surface area contributed by atoms with E-state index < -0.39 is 0 Å². The lowest BCUT2D eigenvalue weighted by molar-refractivity contribution is -0.130. The molecule has 3 N–H and O–H groups in total. The Morgan fingerprint density at radius 3 is 2.72 bits per heavy atom. The summed E-state index contributed by atoms with van der Waals surface area (Å²) < 4.78 is 0. The molecule has 2 aliphatic rings. The molecular formula is C13H23N3O2. The van der Waals surface area contributed by atoms with Gasteiger partial charge in [0.25, 0.3) is 0 Å². The van der Waals surface area contributed by atoms with Gasteiger partial charge in [0.15, 0.2) is 0 Å². The summed E-state index contributed by atoms with van der Waals surface area (Å²) in [6.45, 7) is 1.63. The fraction of sp³-hybridized carbons (Fsp3) is 0.846. The molecule has 2 atom stereocenters. The van der Waals surface area contributed by atoms with E-state index in [0.29, 0.717) is 0 Å². The third kappa shape index (κ3) is 3.70. The van der Waals surface area contributed by atoms with Crippen LogP contribution in [0, 0.1) is 0 Å². The number of amides is 2. The number of carbonyl (C=O) groups excluding carboxylic acids is 2. The summed E-state index contributed by atoms with van der Waals surface area (Å²) in [7, 11) is 0. The van der Waals surface area contributed by atoms with Crippen molar-refractivity contribution in [1.82, 2.24) is 16.0 Å². The van der Waals surface area contributed by atoms with Crippen molar-refractivity contribution in [2.24, 2.45) is 0 Å². The average molecular weight is 253 g/mol. The van der Waals surface area contributed by atoms with Gasteiger partial charge in [0.05, 0.1) is 6.04 Å². The number of rotatable bonds is 2. The molecule has 0 spiro atoms. The second-order valence-electron chi connectivity index (χ2n) is 5.20. The van der Waals surface area contributed by atoms with E-state index in [4.69, 9.17) is 0 Å². The Hall–Kier alpha value is -1.10.